The maximum absolute atomic E-state index is 12.2. The Morgan fingerprint density at radius 1 is 1.24 bits per heavy atom. The number of oxazole rings is 1. The molecule has 0 N–H and O–H groups in total. The highest BCUT2D eigenvalue weighted by Gasteiger charge is 2.18. The number of nitro groups is 1. The minimum atomic E-state index is -2.94. The zero-order chi connectivity index (χ0) is 21.1. The highest BCUT2D eigenvalue weighted by Crippen LogP contribution is 2.23. The Hall–Kier alpha value is -3.76. The molecular formula is C18H14F2N2O7. The number of alkyl halides is 2. The van der Waals surface area contributed by atoms with Crippen LogP contribution < -0.4 is 10.5 Å². The molecule has 3 aromatic rings. The monoisotopic (exact) mass is 408 g/mol. The van der Waals surface area contributed by atoms with Gasteiger partial charge in [0.25, 0.3) is 5.69 Å². The van der Waals surface area contributed by atoms with Gasteiger partial charge in [0, 0.05) is 6.07 Å². The Labute approximate surface area is 161 Å². The number of carbonyl (C=O) groups is 1. The molecule has 0 spiro atoms. The van der Waals surface area contributed by atoms with Gasteiger partial charge in [-0.2, -0.15) is 8.78 Å². The lowest BCUT2D eigenvalue weighted by Gasteiger charge is -2.14. The predicted molar refractivity (Wildman–Crippen MR) is 94.7 cm³/mol. The van der Waals surface area contributed by atoms with Gasteiger partial charge in [-0.15, -0.1) is 0 Å². The number of non-ortho nitro benzene ring substituents is 1. The molecular weight excluding hydrogens is 394 g/mol. The molecule has 1 heterocycles. The highest BCUT2D eigenvalue weighted by molar-refractivity contribution is 5.78. The molecule has 0 amide bonds. The number of nitrogens with zero attached hydrogens (tertiary/aromatic N) is 2. The van der Waals surface area contributed by atoms with Crippen LogP contribution in [0.3, 0.4) is 0 Å². The Morgan fingerprint density at radius 3 is 2.55 bits per heavy atom. The summed E-state index contributed by atoms with van der Waals surface area (Å²) in [5.74, 6) is -1.65. The summed E-state index contributed by atoms with van der Waals surface area (Å²) in [5.41, 5.74) is 0.451. The predicted octanol–water partition coefficient (Wildman–Crippen LogP) is 3.41. The molecule has 11 heteroatoms. The van der Waals surface area contributed by atoms with Gasteiger partial charge in [-0.3, -0.25) is 19.5 Å². The van der Waals surface area contributed by atoms with Crippen molar-refractivity contribution < 1.29 is 32.4 Å². The lowest BCUT2D eigenvalue weighted by molar-refractivity contribution is -0.384. The second-order valence-electron chi connectivity index (χ2n) is 5.94. The van der Waals surface area contributed by atoms with E-state index in [9.17, 15) is 28.5 Å². The molecule has 152 valence electrons. The zero-order valence-electron chi connectivity index (χ0n) is 14.9. The molecule has 0 aliphatic heterocycles. The molecule has 1 aromatic heterocycles. The van der Waals surface area contributed by atoms with Crippen molar-refractivity contribution in [1.29, 1.82) is 0 Å². The standard InChI is InChI=1S/C18H14F2N2O7/c1-10(11-2-5-13(6-3-11)28-17(19)20)27-16(23)9-21-14-7-4-12(22(25)26)8-15(14)29-18(21)24/h2-8,10,17H,9H2,1H3. The Balaban J connectivity index is 1.71. The molecule has 0 aliphatic rings. The number of fused-ring (bicyclic) bond motifs is 1. The van der Waals surface area contributed by atoms with E-state index in [1.54, 1.807) is 6.92 Å². The second kappa shape index (κ2) is 8.09. The van der Waals surface area contributed by atoms with Crippen LogP contribution in [0.4, 0.5) is 14.5 Å². The smallest absolute Gasteiger partial charge is 0.420 e. The van der Waals surface area contributed by atoms with Crippen molar-refractivity contribution in [2.24, 2.45) is 0 Å². The first-order valence-corrected chi connectivity index (χ1v) is 8.26. The molecule has 3 rings (SSSR count). The van der Waals surface area contributed by atoms with Crippen molar-refractivity contribution in [3.63, 3.8) is 0 Å². The number of ether oxygens (including phenoxy) is 2. The lowest BCUT2D eigenvalue weighted by atomic mass is 10.1. The van der Waals surface area contributed by atoms with E-state index in [2.05, 4.69) is 4.74 Å². The van der Waals surface area contributed by atoms with Crippen molar-refractivity contribution >= 4 is 22.8 Å². The van der Waals surface area contributed by atoms with E-state index in [1.807, 2.05) is 0 Å². The summed E-state index contributed by atoms with van der Waals surface area (Å²) < 4.78 is 39.8. The summed E-state index contributed by atoms with van der Waals surface area (Å²) in [4.78, 5) is 34.4. The first-order chi connectivity index (χ1) is 13.7. The van der Waals surface area contributed by atoms with Gasteiger partial charge >= 0.3 is 18.3 Å². The van der Waals surface area contributed by atoms with Crippen molar-refractivity contribution in [3.05, 3.63) is 68.7 Å². The Morgan fingerprint density at radius 2 is 1.93 bits per heavy atom. The number of benzene rings is 2. The summed E-state index contributed by atoms with van der Waals surface area (Å²) in [5, 5.41) is 10.8. The Kier molecular flexibility index (Phi) is 5.57. The van der Waals surface area contributed by atoms with Crippen molar-refractivity contribution in [2.75, 3.05) is 0 Å². The van der Waals surface area contributed by atoms with Crippen LogP contribution >= 0.6 is 0 Å². The van der Waals surface area contributed by atoms with Crippen LogP contribution in [0, 0.1) is 10.1 Å². The largest absolute Gasteiger partial charge is 0.456 e. The fraction of sp³-hybridized carbons (Fsp3) is 0.222. The third-order valence-corrected chi connectivity index (χ3v) is 4.03. The van der Waals surface area contributed by atoms with Gasteiger partial charge in [0.05, 0.1) is 16.5 Å². The van der Waals surface area contributed by atoms with E-state index in [-0.39, 0.29) is 22.5 Å². The van der Waals surface area contributed by atoms with Crippen LogP contribution in [0.1, 0.15) is 18.6 Å². The minimum Gasteiger partial charge on any atom is -0.456 e. The molecule has 0 fully saturated rings. The van der Waals surface area contributed by atoms with Gasteiger partial charge in [0.2, 0.25) is 0 Å². The van der Waals surface area contributed by atoms with Crippen molar-refractivity contribution in [1.82, 2.24) is 4.57 Å². The first-order valence-electron chi connectivity index (χ1n) is 8.26. The van der Waals surface area contributed by atoms with Crippen LogP contribution in [-0.4, -0.2) is 22.1 Å². The van der Waals surface area contributed by atoms with Gasteiger partial charge in [-0.25, -0.2) is 4.79 Å². The molecule has 1 unspecified atom stereocenters. The number of carbonyl (C=O) groups excluding carboxylic acids is 1. The number of hydrogen-bond acceptors (Lipinski definition) is 7. The van der Waals surface area contributed by atoms with Crippen molar-refractivity contribution in [3.8, 4) is 5.75 Å². The van der Waals surface area contributed by atoms with Crippen LogP contribution in [0.25, 0.3) is 11.1 Å². The topological polar surface area (TPSA) is 114 Å². The van der Waals surface area contributed by atoms with Gasteiger partial charge < -0.3 is 13.9 Å². The third-order valence-electron chi connectivity index (χ3n) is 4.03. The van der Waals surface area contributed by atoms with E-state index < -0.39 is 35.9 Å². The summed E-state index contributed by atoms with van der Waals surface area (Å²) in [6, 6.07) is 9.13. The SMILES string of the molecule is CC(OC(=O)Cn1c(=O)oc2cc([N+](=O)[O-])ccc21)c1ccc(OC(F)F)cc1. The average Bonchev–Trinajstić information content (AvgIpc) is 2.96. The number of esters is 1. The molecule has 0 saturated heterocycles. The van der Waals surface area contributed by atoms with Crippen LogP contribution in [-0.2, 0) is 16.1 Å². The molecule has 2 aromatic carbocycles. The van der Waals surface area contributed by atoms with Gasteiger partial charge in [0.1, 0.15) is 18.4 Å². The number of halogens is 2. The molecule has 29 heavy (non-hydrogen) atoms. The highest BCUT2D eigenvalue weighted by atomic mass is 19.3. The zero-order valence-corrected chi connectivity index (χ0v) is 14.9. The summed E-state index contributed by atoms with van der Waals surface area (Å²) in [7, 11) is 0. The fourth-order valence-electron chi connectivity index (χ4n) is 2.67. The molecule has 0 radical (unpaired) electrons. The maximum atomic E-state index is 12.2. The molecule has 1 atom stereocenters. The number of rotatable bonds is 7. The van der Waals surface area contributed by atoms with Gasteiger partial charge in [-0.05, 0) is 30.7 Å². The maximum Gasteiger partial charge on any atom is 0.420 e. The average molecular weight is 408 g/mol. The summed E-state index contributed by atoms with van der Waals surface area (Å²) in [6.45, 7) is -1.85. The molecule has 0 aliphatic carbocycles. The number of nitro benzene ring substituents is 1. The first kappa shape index (κ1) is 20.0. The third kappa shape index (κ3) is 4.57. The minimum absolute atomic E-state index is 0.0281. The lowest BCUT2D eigenvalue weighted by Crippen LogP contribution is -2.22. The van der Waals surface area contributed by atoms with Crippen LogP contribution in [0.2, 0.25) is 0 Å². The van der Waals surface area contributed by atoms with Gasteiger partial charge in [0.15, 0.2) is 5.58 Å². The summed E-state index contributed by atoms with van der Waals surface area (Å²) >= 11 is 0. The Bertz CT molecular complexity index is 1110. The quantitative estimate of drug-likeness (QED) is 0.334. The summed E-state index contributed by atoms with van der Waals surface area (Å²) in [6.07, 6.45) is -0.724. The van der Waals surface area contributed by atoms with E-state index in [0.717, 1.165) is 10.6 Å². The van der Waals surface area contributed by atoms with E-state index in [0.29, 0.717) is 5.56 Å². The van der Waals surface area contributed by atoms with E-state index in [4.69, 9.17) is 9.15 Å². The van der Waals surface area contributed by atoms with Crippen LogP contribution in [0.5, 0.6) is 5.75 Å². The van der Waals surface area contributed by atoms with Crippen molar-refractivity contribution in [2.45, 2.75) is 26.2 Å². The fourth-order valence-corrected chi connectivity index (χ4v) is 2.67. The molecule has 0 saturated carbocycles. The number of hydrogen-bond donors (Lipinski definition) is 0. The van der Waals surface area contributed by atoms with Crippen LogP contribution in [0.15, 0.2) is 51.7 Å². The molecule has 9 nitrogen and oxygen atoms in total. The second-order valence-corrected chi connectivity index (χ2v) is 5.94. The van der Waals surface area contributed by atoms with Gasteiger partial charge in [-0.1, -0.05) is 12.1 Å². The van der Waals surface area contributed by atoms with E-state index in [1.165, 1.54) is 36.4 Å². The normalized spacial score (nSPS) is 12.1. The van der Waals surface area contributed by atoms with E-state index >= 15 is 0 Å². The molecule has 0 bridgehead atoms. The number of aromatic nitrogens is 1.